The Bertz CT molecular complexity index is 499. The highest BCUT2D eigenvalue weighted by molar-refractivity contribution is 7.90. The summed E-state index contributed by atoms with van der Waals surface area (Å²) in [5.41, 5.74) is 0. The summed E-state index contributed by atoms with van der Waals surface area (Å²) in [7, 11) is -3.19. The van der Waals surface area contributed by atoms with Crippen molar-refractivity contribution in [1.82, 2.24) is 5.32 Å². The Morgan fingerprint density at radius 3 is 2.58 bits per heavy atom. The van der Waals surface area contributed by atoms with Crippen LogP contribution in [0.4, 0.5) is 0 Å². The molecule has 1 rings (SSSR count). The molecule has 1 N–H and O–H groups in total. The zero-order chi connectivity index (χ0) is 14.5. The Balaban J connectivity index is 2.62. The number of benzene rings is 1. The maximum Gasteiger partial charge on any atom is 0.175 e. The van der Waals surface area contributed by atoms with Gasteiger partial charge in [0.15, 0.2) is 9.84 Å². The van der Waals surface area contributed by atoms with Crippen LogP contribution in [0.2, 0.25) is 0 Å². The molecule has 108 valence electrons. The van der Waals surface area contributed by atoms with E-state index >= 15 is 0 Å². The van der Waals surface area contributed by atoms with E-state index < -0.39 is 9.84 Å². The fraction of sp³-hybridized carbons (Fsp3) is 0.571. The van der Waals surface area contributed by atoms with Crippen molar-refractivity contribution in [3.05, 3.63) is 24.3 Å². The van der Waals surface area contributed by atoms with E-state index in [1.165, 1.54) is 6.26 Å². The number of nitrogens with one attached hydrogen (secondary N) is 1. The Labute approximate surface area is 116 Å². The molecule has 1 aromatic rings. The molecule has 0 bridgehead atoms. The molecule has 0 aliphatic carbocycles. The first-order valence-electron chi connectivity index (χ1n) is 6.53. The summed E-state index contributed by atoms with van der Waals surface area (Å²) in [4.78, 5) is 0.284. The lowest BCUT2D eigenvalue weighted by Crippen LogP contribution is -2.34. The number of rotatable bonds is 7. The van der Waals surface area contributed by atoms with Crippen LogP contribution in [-0.4, -0.2) is 33.4 Å². The average Bonchev–Trinajstić information content (AvgIpc) is 2.35. The van der Waals surface area contributed by atoms with Gasteiger partial charge in [0, 0.05) is 18.8 Å². The normalized spacial score (nSPS) is 14.9. The molecule has 5 heteroatoms. The molecule has 0 radical (unpaired) electrons. The zero-order valence-electron chi connectivity index (χ0n) is 12.0. The molecule has 0 aliphatic heterocycles. The molecule has 19 heavy (non-hydrogen) atoms. The average molecular weight is 285 g/mol. The van der Waals surface area contributed by atoms with Gasteiger partial charge in [0.05, 0.1) is 4.90 Å². The van der Waals surface area contributed by atoms with Gasteiger partial charge in [0.1, 0.15) is 11.9 Å². The summed E-state index contributed by atoms with van der Waals surface area (Å²) in [6.07, 6.45) is 2.25. The van der Waals surface area contributed by atoms with Crippen LogP contribution in [0, 0.1) is 0 Å². The third kappa shape index (κ3) is 5.61. The molecule has 0 aromatic heterocycles. The summed E-state index contributed by atoms with van der Waals surface area (Å²) in [6, 6.07) is 7.06. The molecule has 0 saturated carbocycles. The fourth-order valence-corrected chi connectivity index (χ4v) is 2.22. The van der Waals surface area contributed by atoms with E-state index in [0.29, 0.717) is 11.8 Å². The van der Waals surface area contributed by atoms with E-state index in [-0.39, 0.29) is 11.0 Å². The van der Waals surface area contributed by atoms with Crippen molar-refractivity contribution in [2.24, 2.45) is 0 Å². The topological polar surface area (TPSA) is 55.4 Å². The summed E-state index contributed by atoms with van der Waals surface area (Å²) >= 11 is 0. The first-order chi connectivity index (χ1) is 8.82. The van der Waals surface area contributed by atoms with Crippen molar-refractivity contribution < 1.29 is 13.2 Å². The smallest absolute Gasteiger partial charge is 0.175 e. The zero-order valence-corrected chi connectivity index (χ0v) is 12.8. The van der Waals surface area contributed by atoms with E-state index in [4.69, 9.17) is 4.74 Å². The van der Waals surface area contributed by atoms with Gasteiger partial charge in [-0.1, -0.05) is 13.0 Å². The molecule has 0 fully saturated rings. The van der Waals surface area contributed by atoms with Crippen molar-refractivity contribution >= 4 is 9.84 Å². The van der Waals surface area contributed by atoms with E-state index in [9.17, 15) is 8.42 Å². The standard InChI is InChI=1S/C14H23NO3S/c1-5-11(2)15-10-12(3)18-13-7-6-8-14(9-13)19(4,16)17/h6-9,11-12,15H,5,10H2,1-4H3. The van der Waals surface area contributed by atoms with E-state index in [0.717, 1.165) is 13.0 Å². The van der Waals surface area contributed by atoms with Crippen molar-refractivity contribution in [2.45, 2.75) is 44.2 Å². The molecular weight excluding hydrogens is 262 g/mol. The van der Waals surface area contributed by atoms with Crippen molar-refractivity contribution in [3.8, 4) is 5.75 Å². The van der Waals surface area contributed by atoms with E-state index in [1.807, 2.05) is 6.92 Å². The van der Waals surface area contributed by atoms with Crippen LogP contribution in [0.3, 0.4) is 0 Å². The van der Waals surface area contributed by atoms with Gasteiger partial charge in [0.2, 0.25) is 0 Å². The molecule has 0 amide bonds. The van der Waals surface area contributed by atoms with Gasteiger partial charge in [-0.2, -0.15) is 0 Å². The van der Waals surface area contributed by atoms with Crippen molar-refractivity contribution in [1.29, 1.82) is 0 Å². The van der Waals surface area contributed by atoms with Crippen molar-refractivity contribution in [2.75, 3.05) is 12.8 Å². The monoisotopic (exact) mass is 285 g/mol. The van der Waals surface area contributed by atoms with E-state index in [1.54, 1.807) is 24.3 Å². The Morgan fingerprint density at radius 1 is 1.32 bits per heavy atom. The summed E-state index contributed by atoms with van der Waals surface area (Å²) in [5, 5.41) is 3.35. The predicted octanol–water partition coefficient (Wildman–Crippen LogP) is 2.25. The number of hydrogen-bond acceptors (Lipinski definition) is 4. The number of hydrogen-bond donors (Lipinski definition) is 1. The minimum atomic E-state index is -3.19. The van der Waals surface area contributed by atoms with Gasteiger partial charge in [-0.15, -0.1) is 0 Å². The summed E-state index contributed by atoms with van der Waals surface area (Å²) in [5.74, 6) is 0.585. The van der Waals surface area contributed by atoms with Crippen LogP contribution in [0.15, 0.2) is 29.2 Å². The fourth-order valence-electron chi connectivity index (χ4n) is 1.56. The first kappa shape index (κ1) is 16.0. The lowest BCUT2D eigenvalue weighted by molar-refractivity contribution is 0.211. The van der Waals surface area contributed by atoms with Gasteiger partial charge in [-0.05, 0) is 38.5 Å². The van der Waals surface area contributed by atoms with Gasteiger partial charge in [-0.3, -0.25) is 0 Å². The lowest BCUT2D eigenvalue weighted by atomic mass is 10.2. The quantitative estimate of drug-likeness (QED) is 0.835. The number of sulfone groups is 1. The molecule has 1 aromatic carbocycles. The highest BCUT2D eigenvalue weighted by Crippen LogP contribution is 2.18. The summed E-state index contributed by atoms with van der Waals surface area (Å²) < 4.78 is 28.6. The van der Waals surface area contributed by atoms with Gasteiger partial charge < -0.3 is 10.1 Å². The molecule has 2 unspecified atom stereocenters. The molecule has 0 aliphatic rings. The third-order valence-electron chi connectivity index (χ3n) is 2.94. The van der Waals surface area contributed by atoms with E-state index in [2.05, 4.69) is 19.2 Å². The number of ether oxygens (including phenoxy) is 1. The maximum atomic E-state index is 11.5. The molecule has 0 heterocycles. The van der Waals surface area contributed by atoms with Crippen LogP contribution in [-0.2, 0) is 9.84 Å². The van der Waals surface area contributed by atoms with Gasteiger partial charge >= 0.3 is 0 Å². The molecule has 0 spiro atoms. The molecule has 0 saturated heterocycles. The second kappa shape index (κ2) is 6.91. The van der Waals surface area contributed by atoms with Gasteiger partial charge in [0.25, 0.3) is 0 Å². The third-order valence-corrected chi connectivity index (χ3v) is 4.05. The van der Waals surface area contributed by atoms with Crippen LogP contribution in [0.25, 0.3) is 0 Å². The Morgan fingerprint density at radius 2 is 2.00 bits per heavy atom. The summed E-state index contributed by atoms with van der Waals surface area (Å²) in [6.45, 7) is 6.94. The molecule has 4 nitrogen and oxygen atoms in total. The first-order valence-corrected chi connectivity index (χ1v) is 8.42. The molecular formula is C14H23NO3S. The van der Waals surface area contributed by atoms with Crippen LogP contribution in [0.1, 0.15) is 27.2 Å². The SMILES string of the molecule is CCC(C)NCC(C)Oc1cccc(S(C)(=O)=O)c1. The predicted molar refractivity (Wildman–Crippen MR) is 77.4 cm³/mol. The lowest BCUT2D eigenvalue weighted by Gasteiger charge is -2.18. The Hall–Kier alpha value is -1.07. The second-order valence-electron chi connectivity index (χ2n) is 4.89. The van der Waals surface area contributed by atoms with Crippen LogP contribution < -0.4 is 10.1 Å². The highest BCUT2D eigenvalue weighted by atomic mass is 32.2. The minimum absolute atomic E-state index is 0.0104. The highest BCUT2D eigenvalue weighted by Gasteiger charge is 2.10. The molecule has 2 atom stereocenters. The van der Waals surface area contributed by atoms with Gasteiger partial charge in [-0.25, -0.2) is 8.42 Å². The van der Waals surface area contributed by atoms with Crippen molar-refractivity contribution in [3.63, 3.8) is 0 Å². The Kier molecular flexibility index (Phi) is 5.82. The van der Waals surface area contributed by atoms with Crippen LogP contribution in [0.5, 0.6) is 5.75 Å². The second-order valence-corrected chi connectivity index (χ2v) is 6.91. The minimum Gasteiger partial charge on any atom is -0.489 e. The maximum absolute atomic E-state index is 11.5. The van der Waals surface area contributed by atoms with Crippen LogP contribution >= 0.6 is 0 Å². The largest absolute Gasteiger partial charge is 0.489 e.